The highest BCUT2D eigenvalue weighted by molar-refractivity contribution is 5.77. The third kappa shape index (κ3) is 2.37. The molecule has 0 spiro atoms. The summed E-state index contributed by atoms with van der Waals surface area (Å²) in [6, 6.07) is 9.00. The molecule has 0 radical (unpaired) electrons. The molecule has 0 aliphatic carbocycles. The van der Waals surface area contributed by atoms with Gasteiger partial charge in [-0.2, -0.15) is 10.3 Å². The van der Waals surface area contributed by atoms with Gasteiger partial charge in [0, 0.05) is 13.0 Å². The van der Waals surface area contributed by atoms with Gasteiger partial charge in [0.15, 0.2) is 0 Å². The topological polar surface area (TPSA) is 65.4 Å². The number of nitrogens with zero attached hydrogens (tertiary/aromatic N) is 2. The second kappa shape index (κ2) is 4.85. The lowest BCUT2D eigenvalue weighted by Gasteiger charge is -2.21. The summed E-state index contributed by atoms with van der Waals surface area (Å²) in [7, 11) is 1.59. The van der Waals surface area contributed by atoms with Gasteiger partial charge >= 0.3 is 0 Å². The first-order chi connectivity index (χ1) is 8.24. The Labute approximate surface area is 99.6 Å². The van der Waals surface area contributed by atoms with E-state index in [2.05, 4.69) is 11.5 Å². The fraction of sp³-hybridized carbons (Fsp3) is 0.333. The van der Waals surface area contributed by atoms with Crippen molar-refractivity contribution in [1.29, 1.82) is 5.26 Å². The zero-order valence-electron chi connectivity index (χ0n) is 9.51. The molecule has 1 N–H and O–H groups in total. The number of carbonyl (C=O) groups excluding carboxylic acids is 1. The van der Waals surface area contributed by atoms with Crippen molar-refractivity contribution >= 4 is 5.91 Å². The first-order valence-corrected chi connectivity index (χ1v) is 5.34. The number of amides is 1. The Hall–Kier alpha value is -2.06. The van der Waals surface area contributed by atoms with Crippen LogP contribution in [0, 0.1) is 11.3 Å². The van der Waals surface area contributed by atoms with Crippen molar-refractivity contribution < 1.29 is 9.53 Å². The summed E-state index contributed by atoms with van der Waals surface area (Å²) >= 11 is 0. The Morgan fingerprint density at radius 1 is 1.47 bits per heavy atom. The van der Waals surface area contributed by atoms with E-state index in [0.29, 0.717) is 13.0 Å². The molecule has 5 nitrogen and oxygen atoms in total. The van der Waals surface area contributed by atoms with Gasteiger partial charge in [-0.15, -0.1) is 0 Å². The second-order valence-electron chi connectivity index (χ2n) is 3.78. The molecule has 1 aliphatic rings. The zero-order valence-corrected chi connectivity index (χ0v) is 9.51. The van der Waals surface area contributed by atoms with E-state index in [1.54, 1.807) is 24.3 Å². The number of nitriles is 1. The van der Waals surface area contributed by atoms with Crippen LogP contribution in [0.1, 0.15) is 18.0 Å². The second-order valence-corrected chi connectivity index (χ2v) is 3.78. The Bertz CT molecular complexity index is 450. The summed E-state index contributed by atoms with van der Waals surface area (Å²) < 4.78 is 5.06. The monoisotopic (exact) mass is 231 g/mol. The Morgan fingerprint density at radius 3 is 2.65 bits per heavy atom. The molecule has 1 saturated heterocycles. The summed E-state index contributed by atoms with van der Waals surface area (Å²) in [6.07, 6.45) is 0.439. The van der Waals surface area contributed by atoms with Crippen LogP contribution in [-0.4, -0.2) is 24.6 Å². The van der Waals surface area contributed by atoms with E-state index in [1.165, 1.54) is 0 Å². The molecule has 1 heterocycles. The van der Waals surface area contributed by atoms with E-state index in [4.69, 9.17) is 4.74 Å². The van der Waals surface area contributed by atoms with Crippen molar-refractivity contribution in [3.63, 3.8) is 0 Å². The van der Waals surface area contributed by atoms with Crippen LogP contribution in [0.25, 0.3) is 0 Å². The predicted molar refractivity (Wildman–Crippen MR) is 60.8 cm³/mol. The number of ether oxygens (including phenoxy) is 1. The fourth-order valence-corrected chi connectivity index (χ4v) is 1.80. The van der Waals surface area contributed by atoms with Crippen molar-refractivity contribution in [2.24, 2.45) is 0 Å². The molecule has 1 aromatic carbocycles. The smallest absolute Gasteiger partial charge is 0.235 e. The van der Waals surface area contributed by atoms with Crippen molar-refractivity contribution in [1.82, 2.24) is 10.4 Å². The SMILES string of the molecule is COc1ccc(C(C#N)N2CCC(=O)N2)cc1. The molecule has 0 aromatic heterocycles. The third-order valence-corrected chi connectivity index (χ3v) is 2.71. The van der Waals surface area contributed by atoms with Crippen molar-refractivity contribution in [3.8, 4) is 11.8 Å². The number of hydrazine groups is 1. The average Bonchev–Trinajstić information content (AvgIpc) is 2.78. The number of methoxy groups -OCH3 is 1. The minimum absolute atomic E-state index is 0.0428. The first-order valence-electron chi connectivity index (χ1n) is 5.34. The predicted octanol–water partition coefficient (Wildman–Crippen LogP) is 0.997. The van der Waals surface area contributed by atoms with Crippen LogP contribution in [0.5, 0.6) is 5.75 Å². The number of hydrogen-bond acceptors (Lipinski definition) is 4. The van der Waals surface area contributed by atoms with E-state index in [1.807, 2.05) is 12.1 Å². The molecule has 17 heavy (non-hydrogen) atoms. The van der Waals surface area contributed by atoms with Gasteiger partial charge in [0.05, 0.1) is 13.2 Å². The first kappa shape index (κ1) is 11.4. The lowest BCUT2D eigenvalue weighted by atomic mass is 10.1. The Balaban J connectivity index is 2.17. The van der Waals surface area contributed by atoms with Crippen molar-refractivity contribution in [2.75, 3.05) is 13.7 Å². The standard InChI is InChI=1S/C12H13N3O2/c1-17-10-4-2-9(3-5-10)11(8-13)15-7-6-12(16)14-15/h2-5,11H,6-7H2,1H3,(H,14,16). The summed E-state index contributed by atoms with van der Waals surface area (Å²) in [5, 5.41) is 10.8. The van der Waals surface area contributed by atoms with Crippen LogP contribution in [-0.2, 0) is 4.79 Å². The highest BCUT2D eigenvalue weighted by Crippen LogP contribution is 2.23. The summed E-state index contributed by atoms with van der Waals surface area (Å²) in [6.45, 7) is 0.559. The van der Waals surface area contributed by atoms with E-state index >= 15 is 0 Å². The van der Waals surface area contributed by atoms with Crippen LogP contribution >= 0.6 is 0 Å². The number of benzene rings is 1. The maximum atomic E-state index is 11.1. The molecular formula is C12H13N3O2. The van der Waals surface area contributed by atoms with Gasteiger partial charge in [-0.25, -0.2) is 0 Å². The summed E-state index contributed by atoms with van der Waals surface area (Å²) in [5.74, 6) is 0.703. The van der Waals surface area contributed by atoms with Gasteiger partial charge in [-0.05, 0) is 17.7 Å². The van der Waals surface area contributed by atoms with Crippen LogP contribution in [0.3, 0.4) is 0 Å². The lowest BCUT2D eigenvalue weighted by molar-refractivity contribution is -0.121. The van der Waals surface area contributed by atoms with Gasteiger partial charge in [0.25, 0.3) is 0 Å². The molecule has 88 valence electrons. The van der Waals surface area contributed by atoms with Crippen LogP contribution in [0.4, 0.5) is 0 Å². The van der Waals surface area contributed by atoms with Gasteiger partial charge in [-0.1, -0.05) is 12.1 Å². The highest BCUT2D eigenvalue weighted by Gasteiger charge is 2.27. The van der Waals surface area contributed by atoms with Crippen LogP contribution in [0.2, 0.25) is 0 Å². The maximum Gasteiger partial charge on any atom is 0.235 e. The highest BCUT2D eigenvalue weighted by atomic mass is 16.5. The van der Waals surface area contributed by atoms with Crippen LogP contribution < -0.4 is 10.2 Å². The quantitative estimate of drug-likeness (QED) is 0.842. The molecule has 1 fully saturated rings. The van der Waals surface area contributed by atoms with Gasteiger partial charge < -0.3 is 4.74 Å². The number of carbonyl (C=O) groups is 1. The van der Waals surface area contributed by atoms with E-state index in [0.717, 1.165) is 11.3 Å². The van der Waals surface area contributed by atoms with Gasteiger partial charge in [-0.3, -0.25) is 10.2 Å². The van der Waals surface area contributed by atoms with Gasteiger partial charge in [0.1, 0.15) is 11.8 Å². The summed E-state index contributed by atoms with van der Waals surface area (Å²) in [5.41, 5.74) is 3.52. The van der Waals surface area contributed by atoms with Crippen molar-refractivity contribution in [2.45, 2.75) is 12.5 Å². The minimum atomic E-state index is -0.452. The third-order valence-electron chi connectivity index (χ3n) is 2.71. The normalized spacial score (nSPS) is 17.3. The zero-order chi connectivity index (χ0) is 12.3. The van der Waals surface area contributed by atoms with Crippen LogP contribution in [0.15, 0.2) is 24.3 Å². The van der Waals surface area contributed by atoms with E-state index in [-0.39, 0.29) is 5.91 Å². The molecule has 2 rings (SSSR count). The molecular weight excluding hydrogens is 218 g/mol. The molecule has 1 unspecified atom stereocenters. The molecule has 0 bridgehead atoms. The molecule has 1 aliphatic heterocycles. The minimum Gasteiger partial charge on any atom is -0.497 e. The van der Waals surface area contributed by atoms with Crippen molar-refractivity contribution in [3.05, 3.63) is 29.8 Å². The Morgan fingerprint density at radius 2 is 2.18 bits per heavy atom. The fourth-order valence-electron chi connectivity index (χ4n) is 1.80. The largest absolute Gasteiger partial charge is 0.497 e. The lowest BCUT2D eigenvalue weighted by Crippen LogP contribution is -2.36. The Kier molecular flexibility index (Phi) is 3.26. The number of nitrogens with one attached hydrogen (secondary N) is 1. The average molecular weight is 231 g/mol. The van der Waals surface area contributed by atoms with E-state index in [9.17, 15) is 10.1 Å². The molecule has 1 amide bonds. The van der Waals surface area contributed by atoms with Gasteiger partial charge in [0.2, 0.25) is 5.91 Å². The number of rotatable bonds is 3. The number of hydrogen-bond donors (Lipinski definition) is 1. The molecule has 1 aromatic rings. The maximum absolute atomic E-state index is 11.1. The molecule has 5 heteroatoms. The molecule has 1 atom stereocenters. The summed E-state index contributed by atoms with van der Waals surface area (Å²) in [4.78, 5) is 11.1. The molecule has 0 saturated carbocycles. The van der Waals surface area contributed by atoms with E-state index < -0.39 is 6.04 Å².